The lowest BCUT2D eigenvalue weighted by atomic mass is 9.87. The molecule has 0 unspecified atom stereocenters. The minimum Gasteiger partial charge on any atom is -0.497 e. The highest BCUT2D eigenvalue weighted by Gasteiger charge is 2.41. The lowest BCUT2D eigenvalue weighted by Crippen LogP contribution is -2.36. The highest BCUT2D eigenvalue weighted by molar-refractivity contribution is 5.95. The van der Waals surface area contributed by atoms with Crippen LogP contribution in [0.25, 0.3) is 0 Å². The second-order valence-corrected chi connectivity index (χ2v) is 8.74. The molecule has 178 valence electrons. The summed E-state index contributed by atoms with van der Waals surface area (Å²) in [6, 6.07) is 12.7. The Morgan fingerprint density at radius 2 is 1.73 bits per heavy atom. The molecule has 1 N–H and O–H groups in total. The Morgan fingerprint density at radius 3 is 2.39 bits per heavy atom. The second kappa shape index (κ2) is 11.1. The molecule has 1 saturated heterocycles. The number of amides is 2. The minimum absolute atomic E-state index is 0.0422. The molecule has 1 heterocycles. The van der Waals surface area contributed by atoms with Gasteiger partial charge in [0.05, 0.1) is 27.2 Å². The number of benzene rings is 2. The summed E-state index contributed by atoms with van der Waals surface area (Å²) in [4.78, 5) is 28.3. The standard InChI is InChI=1S/C26H34N2O5/c1-17(2)11-12-27-25(29)23-16-28(26(30)18-7-6-8-19(13-18)31-3)15-22(23)21-10-9-20(32-4)14-24(21)33-5/h6-10,13-14,17,22-23H,11-12,15-16H2,1-5H3,(H,27,29)/t22-,23+/m0/s1. The van der Waals surface area contributed by atoms with Crippen LogP contribution in [0.2, 0.25) is 0 Å². The van der Waals surface area contributed by atoms with Crippen molar-refractivity contribution in [2.45, 2.75) is 26.2 Å². The van der Waals surface area contributed by atoms with Crippen LogP contribution in [0, 0.1) is 11.8 Å². The molecule has 0 aromatic heterocycles. The van der Waals surface area contributed by atoms with Crippen LogP contribution in [0.4, 0.5) is 0 Å². The number of rotatable bonds is 9. The summed E-state index contributed by atoms with van der Waals surface area (Å²) < 4.78 is 16.2. The van der Waals surface area contributed by atoms with E-state index in [-0.39, 0.29) is 23.7 Å². The zero-order valence-electron chi connectivity index (χ0n) is 20.1. The molecule has 3 rings (SSSR count). The van der Waals surface area contributed by atoms with Gasteiger partial charge in [-0.3, -0.25) is 9.59 Å². The molecule has 0 aliphatic carbocycles. The van der Waals surface area contributed by atoms with E-state index in [2.05, 4.69) is 19.2 Å². The maximum atomic E-state index is 13.3. The van der Waals surface area contributed by atoms with Crippen LogP contribution >= 0.6 is 0 Å². The number of carbonyl (C=O) groups excluding carboxylic acids is 2. The zero-order valence-corrected chi connectivity index (χ0v) is 20.1. The monoisotopic (exact) mass is 454 g/mol. The maximum absolute atomic E-state index is 13.3. The fourth-order valence-corrected chi connectivity index (χ4v) is 4.23. The van der Waals surface area contributed by atoms with Crippen molar-refractivity contribution in [1.82, 2.24) is 10.2 Å². The topological polar surface area (TPSA) is 77.1 Å². The van der Waals surface area contributed by atoms with Crippen molar-refractivity contribution in [3.63, 3.8) is 0 Å². The summed E-state index contributed by atoms with van der Waals surface area (Å²) in [6.45, 7) is 5.62. The van der Waals surface area contributed by atoms with E-state index in [1.807, 2.05) is 18.2 Å². The Hall–Kier alpha value is -3.22. The lowest BCUT2D eigenvalue weighted by Gasteiger charge is -2.21. The molecule has 0 radical (unpaired) electrons. The molecule has 0 saturated carbocycles. The first-order valence-corrected chi connectivity index (χ1v) is 11.3. The van der Waals surface area contributed by atoms with Crippen LogP contribution < -0.4 is 19.5 Å². The zero-order chi connectivity index (χ0) is 24.0. The number of carbonyl (C=O) groups is 2. The molecule has 2 aromatic carbocycles. The molecular formula is C26H34N2O5. The van der Waals surface area contributed by atoms with Gasteiger partial charge < -0.3 is 24.4 Å². The number of nitrogens with one attached hydrogen (secondary N) is 1. The number of ether oxygens (including phenoxy) is 3. The van der Waals surface area contributed by atoms with Gasteiger partial charge in [0.2, 0.25) is 5.91 Å². The molecule has 7 nitrogen and oxygen atoms in total. The van der Waals surface area contributed by atoms with E-state index in [1.165, 1.54) is 0 Å². The van der Waals surface area contributed by atoms with Gasteiger partial charge in [-0.1, -0.05) is 26.0 Å². The first-order valence-electron chi connectivity index (χ1n) is 11.3. The molecule has 33 heavy (non-hydrogen) atoms. The predicted molar refractivity (Wildman–Crippen MR) is 127 cm³/mol. The van der Waals surface area contributed by atoms with Crippen molar-refractivity contribution in [2.75, 3.05) is 41.0 Å². The van der Waals surface area contributed by atoms with Gasteiger partial charge in [0.25, 0.3) is 5.91 Å². The number of nitrogens with zero attached hydrogens (tertiary/aromatic N) is 1. The molecule has 1 aliphatic rings. The summed E-state index contributed by atoms with van der Waals surface area (Å²) in [5.74, 6) is 1.71. The third kappa shape index (κ3) is 5.78. The molecular weight excluding hydrogens is 420 g/mol. The minimum atomic E-state index is -0.381. The van der Waals surface area contributed by atoms with Crippen LogP contribution in [0.1, 0.15) is 42.1 Å². The van der Waals surface area contributed by atoms with E-state index < -0.39 is 0 Å². The van der Waals surface area contributed by atoms with Crippen LogP contribution in [0.5, 0.6) is 17.2 Å². The van der Waals surface area contributed by atoms with Gasteiger partial charge in [-0.05, 0) is 36.6 Å². The maximum Gasteiger partial charge on any atom is 0.254 e. The Morgan fingerprint density at radius 1 is 1.00 bits per heavy atom. The SMILES string of the molecule is COc1cccc(C(=O)N2C[C@@H](C(=O)NCCC(C)C)[C@H](c3ccc(OC)cc3OC)C2)c1. The molecule has 0 bridgehead atoms. The molecule has 2 atom stereocenters. The Bertz CT molecular complexity index is 975. The van der Waals surface area contributed by atoms with Gasteiger partial charge >= 0.3 is 0 Å². The molecule has 2 amide bonds. The third-order valence-corrected chi connectivity index (χ3v) is 6.12. The number of hydrogen-bond donors (Lipinski definition) is 1. The summed E-state index contributed by atoms with van der Waals surface area (Å²) in [7, 11) is 4.77. The third-order valence-electron chi connectivity index (χ3n) is 6.12. The van der Waals surface area contributed by atoms with E-state index in [1.54, 1.807) is 50.5 Å². The van der Waals surface area contributed by atoms with Crippen molar-refractivity contribution < 1.29 is 23.8 Å². The van der Waals surface area contributed by atoms with Crippen LogP contribution in [0.3, 0.4) is 0 Å². The van der Waals surface area contributed by atoms with Gasteiger partial charge in [-0.15, -0.1) is 0 Å². The van der Waals surface area contributed by atoms with Gasteiger partial charge in [0, 0.05) is 42.7 Å². The predicted octanol–water partition coefficient (Wildman–Crippen LogP) is 3.73. The van der Waals surface area contributed by atoms with Gasteiger partial charge in [-0.2, -0.15) is 0 Å². The number of methoxy groups -OCH3 is 3. The van der Waals surface area contributed by atoms with E-state index in [0.717, 1.165) is 12.0 Å². The van der Waals surface area contributed by atoms with Gasteiger partial charge in [0.1, 0.15) is 17.2 Å². The van der Waals surface area contributed by atoms with Crippen molar-refractivity contribution >= 4 is 11.8 Å². The summed E-state index contributed by atoms with van der Waals surface area (Å²) in [5.41, 5.74) is 1.43. The molecule has 7 heteroatoms. The summed E-state index contributed by atoms with van der Waals surface area (Å²) in [5, 5.41) is 3.07. The van der Waals surface area contributed by atoms with Crippen molar-refractivity contribution in [2.24, 2.45) is 11.8 Å². The first-order chi connectivity index (χ1) is 15.9. The molecule has 1 aliphatic heterocycles. The van der Waals surface area contributed by atoms with Gasteiger partial charge in [-0.25, -0.2) is 0 Å². The highest BCUT2D eigenvalue weighted by Crippen LogP contribution is 2.39. The second-order valence-electron chi connectivity index (χ2n) is 8.74. The summed E-state index contributed by atoms with van der Waals surface area (Å²) in [6.07, 6.45) is 0.904. The first kappa shape index (κ1) is 24.4. The van der Waals surface area contributed by atoms with Gasteiger partial charge in [0.15, 0.2) is 0 Å². The van der Waals surface area contributed by atoms with Crippen LogP contribution in [-0.4, -0.2) is 57.7 Å². The average molecular weight is 455 g/mol. The lowest BCUT2D eigenvalue weighted by molar-refractivity contribution is -0.124. The van der Waals surface area contributed by atoms with E-state index >= 15 is 0 Å². The Labute approximate surface area is 196 Å². The molecule has 1 fully saturated rings. The highest BCUT2D eigenvalue weighted by atomic mass is 16.5. The quantitative estimate of drug-likeness (QED) is 0.625. The van der Waals surface area contributed by atoms with E-state index in [0.29, 0.717) is 48.4 Å². The Balaban J connectivity index is 1.89. The Kier molecular flexibility index (Phi) is 8.20. The molecule has 0 spiro atoms. The normalized spacial score (nSPS) is 17.7. The van der Waals surface area contributed by atoms with Crippen LogP contribution in [-0.2, 0) is 4.79 Å². The van der Waals surface area contributed by atoms with E-state index in [9.17, 15) is 9.59 Å². The van der Waals surface area contributed by atoms with Crippen molar-refractivity contribution in [1.29, 1.82) is 0 Å². The average Bonchev–Trinajstić information content (AvgIpc) is 3.28. The number of hydrogen-bond acceptors (Lipinski definition) is 5. The van der Waals surface area contributed by atoms with E-state index in [4.69, 9.17) is 14.2 Å². The number of likely N-dealkylation sites (tertiary alicyclic amines) is 1. The fourth-order valence-electron chi connectivity index (χ4n) is 4.23. The molecule has 2 aromatic rings. The van der Waals surface area contributed by atoms with Crippen LogP contribution in [0.15, 0.2) is 42.5 Å². The largest absolute Gasteiger partial charge is 0.497 e. The smallest absolute Gasteiger partial charge is 0.254 e. The van der Waals surface area contributed by atoms with Crippen molar-refractivity contribution in [3.05, 3.63) is 53.6 Å². The fraction of sp³-hybridized carbons (Fsp3) is 0.462. The summed E-state index contributed by atoms with van der Waals surface area (Å²) >= 11 is 0. The van der Waals surface area contributed by atoms with Crippen molar-refractivity contribution in [3.8, 4) is 17.2 Å².